The molecule has 0 bridgehead atoms. The largest absolute Gasteiger partial charge is 0.382 e. The number of hydrogen-bond acceptors (Lipinski definition) is 3. The third-order valence-electron chi connectivity index (χ3n) is 4.57. The van der Waals surface area contributed by atoms with Crippen LogP contribution >= 0.6 is 0 Å². The number of carbonyl (C=O) groups excluding carboxylic acids is 1. The minimum atomic E-state index is -1.01. The number of hydrogen-bond donors (Lipinski definition) is 1. The Labute approximate surface area is 110 Å². The topological polar surface area (TPSA) is 46.5 Å². The molecule has 1 unspecified atom stereocenters. The van der Waals surface area contributed by atoms with Crippen LogP contribution in [0, 0.1) is 5.92 Å². The molecular weight excluding hydrogens is 228 g/mol. The summed E-state index contributed by atoms with van der Waals surface area (Å²) in [7, 11) is 0. The maximum Gasteiger partial charge on any atom is 0.164 e. The van der Waals surface area contributed by atoms with Crippen molar-refractivity contribution in [2.24, 2.45) is 5.92 Å². The molecule has 0 aromatic heterocycles. The van der Waals surface area contributed by atoms with E-state index in [1.165, 1.54) is 0 Å². The molecule has 1 saturated heterocycles. The molecule has 1 heterocycles. The van der Waals surface area contributed by atoms with Crippen molar-refractivity contribution in [3.63, 3.8) is 0 Å². The molecule has 0 aromatic carbocycles. The van der Waals surface area contributed by atoms with Gasteiger partial charge in [-0.3, -0.25) is 4.79 Å². The van der Waals surface area contributed by atoms with Crippen molar-refractivity contribution in [3.05, 3.63) is 0 Å². The molecule has 1 aliphatic carbocycles. The van der Waals surface area contributed by atoms with Crippen LogP contribution in [-0.2, 0) is 9.53 Å². The normalized spacial score (nSPS) is 36.8. The lowest BCUT2D eigenvalue weighted by Crippen LogP contribution is -2.41. The molecule has 1 N–H and O–H groups in total. The van der Waals surface area contributed by atoms with Gasteiger partial charge in [0, 0.05) is 13.0 Å². The van der Waals surface area contributed by atoms with E-state index in [0.29, 0.717) is 31.3 Å². The van der Waals surface area contributed by atoms with Crippen molar-refractivity contribution >= 4 is 5.78 Å². The average Bonchev–Trinajstić information content (AvgIpc) is 2.86. The molecule has 1 saturated carbocycles. The zero-order chi connectivity index (χ0) is 13.0. The molecule has 18 heavy (non-hydrogen) atoms. The molecule has 0 spiro atoms. The second kappa shape index (κ2) is 6.16. The highest BCUT2D eigenvalue weighted by Crippen LogP contribution is 2.33. The lowest BCUT2D eigenvalue weighted by atomic mass is 9.76. The van der Waals surface area contributed by atoms with E-state index in [9.17, 15) is 9.90 Å². The second-order valence-corrected chi connectivity index (χ2v) is 6.16. The summed E-state index contributed by atoms with van der Waals surface area (Å²) >= 11 is 0. The molecule has 0 aromatic rings. The van der Waals surface area contributed by atoms with Gasteiger partial charge >= 0.3 is 0 Å². The summed E-state index contributed by atoms with van der Waals surface area (Å²) < 4.78 is 5.55. The van der Waals surface area contributed by atoms with Crippen molar-refractivity contribution in [3.8, 4) is 0 Å². The van der Waals surface area contributed by atoms with E-state index in [4.69, 9.17) is 4.74 Å². The van der Waals surface area contributed by atoms with Crippen molar-refractivity contribution in [2.45, 2.75) is 76.4 Å². The van der Waals surface area contributed by atoms with E-state index in [-0.39, 0.29) is 5.78 Å². The molecule has 3 heteroatoms. The number of ether oxygens (including phenoxy) is 1. The van der Waals surface area contributed by atoms with Gasteiger partial charge in [0.1, 0.15) is 5.60 Å². The maximum absolute atomic E-state index is 12.1. The Morgan fingerprint density at radius 3 is 2.67 bits per heavy atom. The van der Waals surface area contributed by atoms with Gasteiger partial charge in [0.05, 0.1) is 6.10 Å². The predicted octanol–water partition coefficient (Wildman–Crippen LogP) is 2.85. The van der Waals surface area contributed by atoms with Crippen LogP contribution in [0.2, 0.25) is 0 Å². The summed E-state index contributed by atoms with van der Waals surface area (Å²) in [4.78, 5) is 12.1. The molecule has 2 aliphatic rings. The first kappa shape index (κ1) is 14.0. The van der Waals surface area contributed by atoms with Gasteiger partial charge < -0.3 is 9.84 Å². The lowest BCUT2D eigenvalue weighted by Gasteiger charge is -2.33. The van der Waals surface area contributed by atoms with E-state index >= 15 is 0 Å². The van der Waals surface area contributed by atoms with E-state index in [1.54, 1.807) is 0 Å². The highest BCUT2D eigenvalue weighted by molar-refractivity contribution is 5.87. The number of rotatable bonds is 5. The quantitative estimate of drug-likeness (QED) is 0.820. The van der Waals surface area contributed by atoms with E-state index in [2.05, 4.69) is 6.92 Å². The van der Waals surface area contributed by atoms with Crippen LogP contribution in [0.25, 0.3) is 0 Å². The van der Waals surface area contributed by atoms with Crippen molar-refractivity contribution in [2.75, 3.05) is 6.61 Å². The van der Waals surface area contributed by atoms with Gasteiger partial charge in [-0.2, -0.15) is 0 Å². The summed E-state index contributed by atoms with van der Waals surface area (Å²) in [6.45, 7) is 3.07. The first-order chi connectivity index (χ1) is 8.60. The Morgan fingerprint density at radius 1 is 1.33 bits per heavy atom. The minimum Gasteiger partial charge on any atom is -0.382 e. The Balaban J connectivity index is 1.70. The molecule has 1 aliphatic heterocycles. The van der Waals surface area contributed by atoms with E-state index in [0.717, 1.165) is 45.1 Å². The third kappa shape index (κ3) is 3.55. The Morgan fingerprint density at radius 2 is 2.06 bits per heavy atom. The summed E-state index contributed by atoms with van der Waals surface area (Å²) in [6.07, 6.45) is 8.28. The van der Waals surface area contributed by atoms with Crippen molar-refractivity contribution in [1.82, 2.24) is 0 Å². The fraction of sp³-hybridized carbons (Fsp3) is 0.933. The third-order valence-corrected chi connectivity index (χ3v) is 4.57. The molecule has 0 amide bonds. The van der Waals surface area contributed by atoms with Gasteiger partial charge in [-0.1, -0.05) is 6.92 Å². The van der Waals surface area contributed by atoms with Gasteiger partial charge in [0.15, 0.2) is 5.78 Å². The van der Waals surface area contributed by atoms with Crippen LogP contribution in [0.1, 0.15) is 64.7 Å². The van der Waals surface area contributed by atoms with Crippen LogP contribution in [0.15, 0.2) is 0 Å². The fourth-order valence-electron chi connectivity index (χ4n) is 3.11. The standard InChI is InChI=1S/C15H26O3/c1-12-7-9-15(17,10-8-12)14(16)6-2-4-13-5-3-11-18-13/h12-13,17H,2-11H2,1H3. The number of aliphatic hydroxyl groups is 1. The maximum atomic E-state index is 12.1. The van der Waals surface area contributed by atoms with Crippen molar-refractivity contribution in [1.29, 1.82) is 0 Å². The smallest absolute Gasteiger partial charge is 0.164 e. The molecule has 2 rings (SSSR count). The predicted molar refractivity (Wildman–Crippen MR) is 70.4 cm³/mol. The van der Waals surface area contributed by atoms with Crippen LogP contribution in [0.5, 0.6) is 0 Å². The van der Waals surface area contributed by atoms with E-state index < -0.39 is 5.60 Å². The van der Waals surface area contributed by atoms with Gasteiger partial charge in [-0.25, -0.2) is 0 Å². The van der Waals surface area contributed by atoms with Crippen LogP contribution in [0.4, 0.5) is 0 Å². The first-order valence-electron chi connectivity index (χ1n) is 7.47. The number of Topliss-reactive ketones (excluding diaryl/α,β-unsaturated/α-hetero) is 1. The lowest BCUT2D eigenvalue weighted by molar-refractivity contribution is -0.141. The van der Waals surface area contributed by atoms with Gasteiger partial charge in [0.2, 0.25) is 0 Å². The summed E-state index contributed by atoms with van der Waals surface area (Å²) in [5.74, 6) is 0.720. The summed E-state index contributed by atoms with van der Waals surface area (Å²) in [5.41, 5.74) is -1.01. The zero-order valence-electron chi connectivity index (χ0n) is 11.5. The molecular formula is C15H26O3. The highest BCUT2D eigenvalue weighted by atomic mass is 16.5. The molecule has 2 fully saturated rings. The first-order valence-corrected chi connectivity index (χ1v) is 7.47. The number of carbonyl (C=O) groups is 1. The van der Waals surface area contributed by atoms with E-state index in [1.807, 2.05) is 0 Å². The second-order valence-electron chi connectivity index (χ2n) is 6.16. The van der Waals surface area contributed by atoms with Crippen LogP contribution in [0.3, 0.4) is 0 Å². The molecule has 104 valence electrons. The van der Waals surface area contributed by atoms with Crippen LogP contribution in [-0.4, -0.2) is 29.2 Å². The fourth-order valence-corrected chi connectivity index (χ4v) is 3.11. The summed E-state index contributed by atoms with van der Waals surface area (Å²) in [6, 6.07) is 0. The van der Waals surface area contributed by atoms with Crippen LogP contribution < -0.4 is 0 Å². The van der Waals surface area contributed by atoms with Gasteiger partial charge in [-0.15, -0.1) is 0 Å². The van der Waals surface area contributed by atoms with Gasteiger partial charge in [0.25, 0.3) is 0 Å². The summed E-state index contributed by atoms with van der Waals surface area (Å²) in [5, 5.41) is 10.4. The minimum absolute atomic E-state index is 0.0624. The average molecular weight is 254 g/mol. The highest BCUT2D eigenvalue weighted by Gasteiger charge is 2.37. The Hall–Kier alpha value is -0.410. The van der Waals surface area contributed by atoms with Crippen molar-refractivity contribution < 1.29 is 14.6 Å². The SMILES string of the molecule is CC1CCC(O)(C(=O)CCCC2CCCO2)CC1. The molecule has 0 radical (unpaired) electrons. The Bertz CT molecular complexity index is 273. The zero-order valence-corrected chi connectivity index (χ0v) is 11.5. The molecule has 1 atom stereocenters. The van der Waals surface area contributed by atoms with Gasteiger partial charge in [-0.05, 0) is 57.3 Å². The molecule has 3 nitrogen and oxygen atoms in total. The number of ketones is 1. The monoisotopic (exact) mass is 254 g/mol. The Kier molecular flexibility index (Phi) is 4.79.